The lowest BCUT2D eigenvalue weighted by atomic mass is 11.9. The normalized spacial score (nSPS) is 10.2. The van der Waals surface area contributed by atoms with E-state index in [2.05, 4.69) is 16.3 Å². The predicted octanol–water partition coefficient (Wildman–Crippen LogP) is -2.84. The Hall–Kier alpha value is 1.95. The minimum absolute atomic E-state index is 1.03. The van der Waals surface area contributed by atoms with Gasteiger partial charge in [0, 0.05) is 78.7 Å². The molecule has 0 aliphatic heterocycles. The fraction of sp³-hybridized carbons (Fsp3) is 1.00. The maximum atomic E-state index is 3.54. The van der Waals surface area contributed by atoms with E-state index in [1.807, 2.05) is 0 Å². The van der Waals surface area contributed by atoms with Crippen molar-refractivity contribution < 1.29 is 0 Å². The molecular weight excluding hydrogens is 265 g/mol. The van der Waals surface area contributed by atoms with E-state index >= 15 is 0 Å². The largest absolute Gasteiger partial charge is 0.0761 e. The van der Waals surface area contributed by atoms with Crippen LogP contribution in [0.15, 0.2) is 0 Å². The highest BCUT2D eigenvalue weighted by atomic mass is 30.0. The highest BCUT2D eigenvalue weighted by molar-refractivity contribution is 7.67. The zero-order chi connectivity index (χ0) is 7.66. The SMILES string of the molecule is C[Si][Si][Si][Si][Si][Si][Si][Si][Si]. The first kappa shape index (κ1) is 12.0. The molecule has 10 heavy (non-hydrogen) atoms. The summed E-state index contributed by atoms with van der Waals surface area (Å²) in [6, 6.07) is 0. The third kappa shape index (κ3) is 9.95. The Kier molecular flexibility index (Phi) is 13.1. The van der Waals surface area contributed by atoms with Crippen molar-refractivity contribution in [1.29, 1.82) is 0 Å². The van der Waals surface area contributed by atoms with Crippen molar-refractivity contribution in [2.45, 2.75) is 6.55 Å². The molecule has 0 atom stereocenters. The Labute approximate surface area is 84.8 Å². The van der Waals surface area contributed by atoms with Crippen LogP contribution in [0.1, 0.15) is 0 Å². The summed E-state index contributed by atoms with van der Waals surface area (Å²) >= 11 is 0. The summed E-state index contributed by atoms with van der Waals surface area (Å²) in [5.41, 5.74) is 0. The van der Waals surface area contributed by atoms with Gasteiger partial charge in [-0.05, 0) is 0 Å². The van der Waals surface area contributed by atoms with Gasteiger partial charge in [-0.2, -0.15) is 0 Å². The van der Waals surface area contributed by atoms with E-state index in [0.717, 1.165) is 8.55 Å². The van der Waals surface area contributed by atoms with Crippen LogP contribution in [0.2, 0.25) is 6.55 Å². The van der Waals surface area contributed by atoms with E-state index in [9.17, 15) is 0 Å². The molecule has 43 valence electrons. The van der Waals surface area contributed by atoms with Crippen LogP contribution < -0.4 is 0 Å². The molecule has 0 amide bonds. The van der Waals surface area contributed by atoms with E-state index in [4.69, 9.17) is 0 Å². The van der Waals surface area contributed by atoms with Crippen LogP contribution in [0.5, 0.6) is 0 Å². The summed E-state index contributed by atoms with van der Waals surface area (Å²) in [7, 11) is 13.6. The molecule has 0 saturated heterocycles. The molecule has 19 radical (unpaired) electrons. The number of hydrogen-bond donors (Lipinski definition) is 0. The van der Waals surface area contributed by atoms with Gasteiger partial charge in [0.1, 0.15) is 0 Å². The quantitative estimate of drug-likeness (QED) is 0.344. The molecule has 0 aromatic heterocycles. The summed E-state index contributed by atoms with van der Waals surface area (Å²) in [5, 5.41) is 0. The molecule has 0 spiro atoms. The van der Waals surface area contributed by atoms with E-state index in [-0.39, 0.29) is 0 Å². The van der Waals surface area contributed by atoms with Gasteiger partial charge < -0.3 is 0 Å². The van der Waals surface area contributed by atoms with Crippen LogP contribution in [-0.2, 0) is 0 Å². The zero-order valence-electron chi connectivity index (χ0n) is 5.50. The van der Waals surface area contributed by atoms with Crippen LogP contribution in [0, 0.1) is 0 Å². The minimum atomic E-state index is 1.03. The Morgan fingerprint density at radius 1 is 0.800 bits per heavy atom. The molecule has 0 aliphatic rings. The van der Waals surface area contributed by atoms with Crippen molar-refractivity contribution in [3.05, 3.63) is 0 Å². The second-order valence-electron chi connectivity index (χ2n) is 1.12. The van der Waals surface area contributed by atoms with Crippen LogP contribution in [0.4, 0.5) is 0 Å². The molecule has 0 aliphatic carbocycles. The van der Waals surface area contributed by atoms with Crippen LogP contribution in [0.25, 0.3) is 0 Å². The minimum Gasteiger partial charge on any atom is -0.0761 e. The van der Waals surface area contributed by atoms with Crippen molar-refractivity contribution in [3.63, 3.8) is 0 Å². The monoisotopic (exact) mass is 267 g/mol. The van der Waals surface area contributed by atoms with Gasteiger partial charge in [-0.1, -0.05) is 6.55 Å². The molecular formula is CH3Si9. The molecule has 0 heterocycles. The van der Waals surface area contributed by atoms with E-state index < -0.39 is 0 Å². The Morgan fingerprint density at radius 3 is 1.80 bits per heavy atom. The average molecular weight is 268 g/mol. The highest BCUT2D eigenvalue weighted by Gasteiger charge is 1.93. The summed E-state index contributed by atoms with van der Waals surface area (Å²) in [5.74, 6) is 0. The standard InChI is InChI=1S/CH3Si9/c1-3-5-7-9-10-8-6-4-2/h1H3. The van der Waals surface area contributed by atoms with E-state index in [0.29, 0.717) is 0 Å². The fourth-order valence-electron chi connectivity index (χ4n) is 0.219. The van der Waals surface area contributed by atoms with Gasteiger partial charge in [-0.15, -0.1) is 0 Å². The van der Waals surface area contributed by atoms with Gasteiger partial charge in [0.05, 0.1) is 0 Å². The molecule has 0 N–H and O–H groups in total. The molecule has 0 saturated carbocycles. The van der Waals surface area contributed by atoms with Crippen LogP contribution in [0.3, 0.4) is 0 Å². The first-order chi connectivity index (χ1) is 4.91. The molecule has 0 fully saturated rings. The molecule has 0 aromatic rings. The fourth-order valence-corrected chi connectivity index (χ4v) is 43.0. The van der Waals surface area contributed by atoms with Crippen molar-refractivity contribution in [3.8, 4) is 0 Å². The number of hydrogen-bond acceptors (Lipinski definition) is 0. The first-order valence-corrected chi connectivity index (χ1v) is 19.5. The van der Waals surface area contributed by atoms with Gasteiger partial charge in [0.25, 0.3) is 0 Å². The van der Waals surface area contributed by atoms with Crippen molar-refractivity contribution >= 4 is 78.7 Å². The highest BCUT2D eigenvalue weighted by Crippen LogP contribution is 1.56. The summed E-state index contributed by atoms with van der Waals surface area (Å²) in [4.78, 5) is 0. The van der Waals surface area contributed by atoms with Crippen molar-refractivity contribution in [1.82, 2.24) is 0 Å². The molecule has 0 rings (SSSR count). The summed E-state index contributed by atoms with van der Waals surface area (Å²) < 4.78 is 0. The molecule has 0 bridgehead atoms. The molecule has 9 heteroatoms. The topological polar surface area (TPSA) is 0 Å². The maximum absolute atomic E-state index is 3.54. The van der Waals surface area contributed by atoms with Gasteiger partial charge in [-0.3, -0.25) is 0 Å². The second kappa shape index (κ2) is 11.0. The summed E-state index contributed by atoms with van der Waals surface area (Å²) in [6.45, 7) is 2.32. The first-order valence-electron chi connectivity index (χ1n) is 2.50. The smallest absolute Gasteiger partial charge is 0.0145 e. The van der Waals surface area contributed by atoms with E-state index in [1.54, 1.807) is 0 Å². The third-order valence-corrected chi connectivity index (χ3v) is 33.8. The average Bonchev–Trinajstić information content (AvgIpc) is 1.97. The predicted molar refractivity (Wildman–Crippen MR) is 57.6 cm³/mol. The molecule has 0 aromatic carbocycles. The van der Waals surface area contributed by atoms with Crippen LogP contribution in [-0.4, -0.2) is 78.7 Å². The van der Waals surface area contributed by atoms with E-state index in [1.165, 1.54) is 60.4 Å². The lowest BCUT2D eigenvalue weighted by Gasteiger charge is -1.92. The van der Waals surface area contributed by atoms with Gasteiger partial charge in [-0.25, -0.2) is 0 Å². The maximum Gasteiger partial charge on any atom is 0.0145 e. The van der Waals surface area contributed by atoms with Gasteiger partial charge in [0.2, 0.25) is 0 Å². The second-order valence-corrected chi connectivity index (χ2v) is 25.9. The molecule has 0 unspecified atom stereocenters. The van der Waals surface area contributed by atoms with Crippen molar-refractivity contribution in [2.75, 3.05) is 0 Å². The Balaban J connectivity index is 2.65. The zero-order valence-corrected chi connectivity index (χ0v) is 14.5. The molecule has 0 nitrogen and oxygen atoms in total. The third-order valence-electron chi connectivity index (χ3n) is 0.500. The lowest BCUT2D eigenvalue weighted by Crippen LogP contribution is -2.29. The van der Waals surface area contributed by atoms with Crippen molar-refractivity contribution in [2.24, 2.45) is 0 Å². The number of rotatable bonds is 7. The summed E-state index contributed by atoms with van der Waals surface area (Å²) in [6.07, 6.45) is 0. The van der Waals surface area contributed by atoms with Crippen LogP contribution >= 0.6 is 0 Å². The lowest BCUT2D eigenvalue weighted by molar-refractivity contribution is 2.37. The Bertz CT molecular complexity index is 44.7. The van der Waals surface area contributed by atoms with Gasteiger partial charge in [0.15, 0.2) is 0 Å². The Morgan fingerprint density at radius 2 is 1.30 bits per heavy atom. The van der Waals surface area contributed by atoms with Gasteiger partial charge >= 0.3 is 0 Å².